The second-order valence-corrected chi connectivity index (χ2v) is 4.64. The lowest BCUT2D eigenvalue weighted by atomic mass is 10.2. The molecule has 2 aromatic carbocycles. The van der Waals surface area contributed by atoms with Crippen LogP contribution in [0.2, 0.25) is 0 Å². The third-order valence-electron chi connectivity index (χ3n) is 2.68. The fourth-order valence-electron chi connectivity index (χ4n) is 1.90. The van der Waals surface area contributed by atoms with Gasteiger partial charge in [-0.15, -0.1) is 11.8 Å². The molecule has 1 aliphatic heterocycles. The lowest BCUT2D eigenvalue weighted by molar-refractivity contribution is 0.476. The number of anilines is 2. The summed E-state index contributed by atoms with van der Waals surface area (Å²) in [6.07, 6.45) is 0. The number of phenols is 1. The molecular weight excluding hydrogens is 218 g/mol. The second kappa shape index (κ2) is 3.76. The van der Waals surface area contributed by atoms with E-state index in [0.29, 0.717) is 5.75 Å². The number of rotatable bonds is 1. The molecule has 0 amide bonds. The van der Waals surface area contributed by atoms with Crippen LogP contribution in [0.15, 0.2) is 53.4 Å². The third-order valence-corrected chi connectivity index (χ3v) is 3.72. The molecule has 2 nitrogen and oxygen atoms in total. The number of nitrogens with zero attached hydrogens (tertiary/aromatic N) is 1. The highest BCUT2D eigenvalue weighted by molar-refractivity contribution is 7.99. The van der Waals surface area contributed by atoms with Gasteiger partial charge in [0.25, 0.3) is 0 Å². The number of para-hydroxylation sites is 3. The molecule has 16 heavy (non-hydrogen) atoms. The molecule has 2 aromatic rings. The third kappa shape index (κ3) is 1.44. The molecule has 0 saturated heterocycles. The molecule has 0 unspecified atom stereocenters. The Morgan fingerprint density at radius 3 is 2.44 bits per heavy atom. The van der Waals surface area contributed by atoms with E-state index in [-0.39, 0.29) is 0 Å². The van der Waals surface area contributed by atoms with E-state index in [1.54, 1.807) is 17.8 Å². The largest absolute Gasteiger partial charge is 0.506 e. The van der Waals surface area contributed by atoms with Crippen molar-refractivity contribution >= 4 is 23.1 Å². The van der Waals surface area contributed by atoms with Crippen LogP contribution in [-0.2, 0) is 0 Å². The maximum atomic E-state index is 9.85. The molecule has 0 bridgehead atoms. The number of hydrogen-bond acceptors (Lipinski definition) is 3. The SMILES string of the molecule is Oc1ccccc1N1CSc2ccccc21. The first kappa shape index (κ1) is 9.60. The standard InChI is InChI=1S/C13H11NOS/c15-12-7-3-1-5-10(12)14-9-16-13-8-4-2-6-11(13)14/h1-8,15H,9H2. The first-order valence-corrected chi connectivity index (χ1v) is 6.12. The van der Waals surface area contributed by atoms with Crippen LogP contribution in [0.3, 0.4) is 0 Å². The molecule has 0 spiro atoms. The average molecular weight is 229 g/mol. The maximum Gasteiger partial charge on any atom is 0.139 e. The van der Waals surface area contributed by atoms with Crippen molar-refractivity contribution in [2.45, 2.75) is 4.90 Å². The van der Waals surface area contributed by atoms with Crippen LogP contribution in [0, 0.1) is 0 Å². The van der Waals surface area contributed by atoms with Crippen molar-refractivity contribution in [3.8, 4) is 5.75 Å². The van der Waals surface area contributed by atoms with E-state index in [0.717, 1.165) is 11.6 Å². The number of fused-ring (bicyclic) bond motifs is 1. The molecule has 0 aliphatic carbocycles. The van der Waals surface area contributed by atoms with E-state index in [4.69, 9.17) is 0 Å². The van der Waals surface area contributed by atoms with E-state index in [2.05, 4.69) is 17.0 Å². The first-order chi connectivity index (χ1) is 7.86. The molecule has 0 fully saturated rings. The molecule has 0 atom stereocenters. The van der Waals surface area contributed by atoms with Crippen LogP contribution in [0.1, 0.15) is 0 Å². The van der Waals surface area contributed by atoms with Gasteiger partial charge in [0.1, 0.15) is 5.75 Å². The van der Waals surface area contributed by atoms with Crippen LogP contribution >= 0.6 is 11.8 Å². The molecule has 1 heterocycles. The Bertz CT molecular complexity index is 527. The molecule has 1 aliphatic rings. The quantitative estimate of drug-likeness (QED) is 0.808. The fourth-order valence-corrected chi connectivity index (χ4v) is 2.94. The summed E-state index contributed by atoms with van der Waals surface area (Å²) < 4.78 is 0. The Kier molecular flexibility index (Phi) is 2.26. The van der Waals surface area contributed by atoms with E-state index >= 15 is 0 Å². The lowest BCUT2D eigenvalue weighted by Crippen LogP contribution is -2.11. The monoisotopic (exact) mass is 229 g/mol. The molecule has 80 valence electrons. The smallest absolute Gasteiger partial charge is 0.139 e. The van der Waals surface area contributed by atoms with Crippen molar-refractivity contribution in [3.63, 3.8) is 0 Å². The van der Waals surface area contributed by atoms with Gasteiger partial charge in [-0.3, -0.25) is 0 Å². The van der Waals surface area contributed by atoms with Gasteiger partial charge in [0.05, 0.1) is 17.3 Å². The van der Waals surface area contributed by atoms with Crippen molar-refractivity contribution in [2.24, 2.45) is 0 Å². The molecule has 0 saturated carbocycles. The zero-order valence-electron chi connectivity index (χ0n) is 8.63. The summed E-state index contributed by atoms with van der Waals surface area (Å²) in [4.78, 5) is 3.40. The fraction of sp³-hybridized carbons (Fsp3) is 0.0769. The summed E-state index contributed by atoms with van der Waals surface area (Å²) in [5.41, 5.74) is 2.05. The Labute approximate surface area is 98.5 Å². The highest BCUT2D eigenvalue weighted by Crippen LogP contribution is 2.44. The van der Waals surface area contributed by atoms with Crippen LogP contribution in [0.25, 0.3) is 0 Å². The minimum absolute atomic E-state index is 0.333. The zero-order chi connectivity index (χ0) is 11.0. The van der Waals surface area contributed by atoms with Gasteiger partial charge in [0, 0.05) is 4.90 Å². The Hall–Kier alpha value is -1.61. The highest BCUT2D eigenvalue weighted by Gasteiger charge is 2.21. The number of benzene rings is 2. The van der Waals surface area contributed by atoms with Crippen molar-refractivity contribution in [1.29, 1.82) is 0 Å². The van der Waals surface area contributed by atoms with Crippen molar-refractivity contribution < 1.29 is 5.11 Å². The van der Waals surface area contributed by atoms with E-state index < -0.39 is 0 Å². The molecule has 0 radical (unpaired) electrons. The Morgan fingerprint density at radius 1 is 0.938 bits per heavy atom. The summed E-state index contributed by atoms with van der Waals surface area (Å²) in [6, 6.07) is 15.7. The topological polar surface area (TPSA) is 23.5 Å². The minimum Gasteiger partial charge on any atom is -0.506 e. The number of aromatic hydroxyl groups is 1. The summed E-state index contributed by atoms with van der Waals surface area (Å²) in [5, 5.41) is 9.85. The maximum absolute atomic E-state index is 9.85. The van der Waals surface area contributed by atoms with E-state index in [1.807, 2.05) is 30.3 Å². The van der Waals surface area contributed by atoms with Crippen molar-refractivity contribution in [3.05, 3.63) is 48.5 Å². The predicted molar refractivity (Wildman–Crippen MR) is 67.4 cm³/mol. The van der Waals surface area contributed by atoms with Gasteiger partial charge in [-0.25, -0.2) is 0 Å². The van der Waals surface area contributed by atoms with Gasteiger partial charge in [-0.05, 0) is 24.3 Å². The number of hydrogen-bond donors (Lipinski definition) is 1. The number of thioether (sulfide) groups is 1. The molecular formula is C13H11NOS. The average Bonchev–Trinajstić information content (AvgIpc) is 2.74. The van der Waals surface area contributed by atoms with Gasteiger partial charge < -0.3 is 10.0 Å². The van der Waals surface area contributed by atoms with E-state index in [9.17, 15) is 5.11 Å². The lowest BCUT2D eigenvalue weighted by Gasteiger charge is -2.19. The first-order valence-electron chi connectivity index (χ1n) is 5.13. The van der Waals surface area contributed by atoms with Crippen molar-refractivity contribution in [2.75, 3.05) is 10.8 Å². The van der Waals surface area contributed by atoms with Gasteiger partial charge >= 0.3 is 0 Å². The van der Waals surface area contributed by atoms with Gasteiger partial charge in [-0.2, -0.15) is 0 Å². The van der Waals surface area contributed by atoms with Crippen LogP contribution < -0.4 is 4.90 Å². The van der Waals surface area contributed by atoms with E-state index in [1.165, 1.54) is 10.6 Å². The molecule has 3 heteroatoms. The van der Waals surface area contributed by atoms with Crippen LogP contribution in [0.4, 0.5) is 11.4 Å². The van der Waals surface area contributed by atoms with Crippen molar-refractivity contribution in [1.82, 2.24) is 0 Å². The normalized spacial score (nSPS) is 13.9. The van der Waals surface area contributed by atoms with Crippen LogP contribution in [0.5, 0.6) is 5.75 Å². The molecule has 1 N–H and O–H groups in total. The summed E-state index contributed by atoms with van der Waals surface area (Å²) >= 11 is 1.79. The summed E-state index contributed by atoms with van der Waals surface area (Å²) in [7, 11) is 0. The Morgan fingerprint density at radius 2 is 1.62 bits per heavy atom. The van der Waals surface area contributed by atoms with Gasteiger partial charge in [0.15, 0.2) is 0 Å². The summed E-state index contributed by atoms with van der Waals surface area (Å²) in [5.74, 6) is 1.19. The van der Waals surface area contributed by atoms with Gasteiger partial charge in [-0.1, -0.05) is 24.3 Å². The Balaban J connectivity index is 2.08. The van der Waals surface area contributed by atoms with Crippen LogP contribution in [-0.4, -0.2) is 11.0 Å². The molecule has 3 rings (SSSR count). The molecule has 0 aromatic heterocycles. The van der Waals surface area contributed by atoms with Gasteiger partial charge in [0.2, 0.25) is 0 Å². The zero-order valence-corrected chi connectivity index (χ0v) is 9.45. The minimum atomic E-state index is 0.333. The number of phenolic OH excluding ortho intramolecular Hbond substituents is 1. The predicted octanol–water partition coefficient (Wildman–Crippen LogP) is 3.59. The summed E-state index contributed by atoms with van der Waals surface area (Å²) in [6.45, 7) is 0. The highest BCUT2D eigenvalue weighted by atomic mass is 32.2. The second-order valence-electron chi connectivity index (χ2n) is 3.66.